The molecule has 1 heterocycles. The van der Waals surface area contributed by atoms with Crippen molar-refractivity contribution in [1.82, 2.24) is 5.32 Å². The normalized spacial score (nSPS) is 22.2. The fourth-order valence-electron chi connectivity index (χ4n) is 4.13. The standard InChI is InChI=1S/C29H50NO7P/c1-8-9-10-11-12-13-21-33-25-18-16-24(17-19-25)15-14-20-29(30-26(31)36-27(2,3)4)22-34-38(32,35-23-29)37-28(5,6)7/h16-19H,8-15,20-23H2,1-7H3,(H,30,31). The molecule has 1 N–H and O–H groups in total. The average molecular weight is 556 g/mol. The van der Waals surface area contributed by atoms with Gasteiger partial charge in [0.1, 0.15) is 11.4 Å². The van der Waals surface area contributed by atoms with Crippen molar-refractivity contribution in [3.63, 3.8) is 0 Å². The number of ether oxygens (including phenoxy) is 2. The summed E-state index contributed by atoms with van der Waals surface area (Å²) in [7, 11) is -3.72. The minimum atomic E-state index is -3.72. The molecule has 8 nitrogen and oxygen atoms in total. The molecule has 1 aliphatic rings. The van der Waals surface area contributed by atoms with E-state index < -0.39 is 30.7 Å². The first kappa shape index (κ1) is 32.6. The van der Waals surface area contributed by atoms with Crippen LogP contribution in [0.4, 0.5) is 4.79 Å². The Hall–Kier alpha value is -1.60. The third-order valence-corrected chi connectivity index (χ3v) is 7.62. The van der Waals surface area contributed by atoms with Crippen molar-refractivity contribution in [2.24, 2.45) is 0 Å². The summed E-state index contributed by atoms with van der Waals surface area (Å²) in [6.45, 7) is 13.7. The highest BCUT2D eigenvalue weighted by Crippen LogP contribution is 2.56. The Bertz CT molecular complexity index is 878. The van der Waals surface area contributed by atoms with Crippen molar-refractivity contribution in [3.05, 3.63) is 29.8 Å². The van der Waals surface area contributed by atoms with Gasteiger partial charge in [-0.15, -0.1) is 0 Å². The predicted molar refractivity (Wildman–Crippen MR) is 151 cm³/mol. The lowest BCUT2D eigenvalue weighted by Gasteiger charge is -2.41. The number of nitrogens with one attached hydrogen (secondary N) is 1. The molecule has 0 radical (unpaired) electrons. The second-order valence-electron chi connectivity index (χ2n) is 12.2. The minimum Gasteiger partial charge on any atom is -0.494 e. The Morgan fingerprint density at radius 2 is 1.53 bits per heavy atom. The molecule has 0 atom stereocenters. The van der Waals surface area contributed by atoms with Gasteiger partial charge >= 0.3 is 13.9 Å². The number of benzene rings is 1. The number of amides is 1. The minimum absolute atomic E-state index is 0.00478. The van der Waals surface area contributed by atoms with Crippen LogP contribution in [-0.4, -0.2) is 42.7 Å². The zero-order valence-corrected chi connectivity index (χ0v) is 25.5. The van der Waals surface area contributed by atoms with Crippen LogP contribution >= 0.6 is 7.82 Å². The molecule has 1 aliphatic heterocycles. The van der Waals surface area contributed by atoms with Crippen molar-refractivity contribution >= 4 is 13.9 Å². The summed E-state index contributed by atoms with van der Waals surface area (Å²) < 4.78 is 41.0. The number of phosphoric ester groups is 1. The molecule has 38 heavy (non-hydrogen) atoms. The fourth-order valence-corrected chi connectivity index (χ4v) is 5.79. The highest BCUT2D eigenvalue weighted by atomic mass is 31.2. The summed E-state index contributed by atoms with van der Waals surface area (Å²) in [5.41, 5.74) is -1.05. The van der Waals surface area contributed by atoms with Crippen molar-refractivity contribution in [2.45, 2.75) is 123 Å². The molecule has 1 saturated heterocycles. The highest BCUT2D eigenvalue weighted by Gasteiger charge is 2.46. The summed E-state index contributed by atoms with van der Waals surface area (Å²) in [5.74, 6) is 0.883. The lowest BCUT2D eigenvalue weighted by atomic mass is 9.93. The van der Waals surface area contributed by atoms with Crippen LogP contribution in [0.1, 0.15) is 105 Å². The lowest BCUT2D eigenvalue weighted by molar-refractivity contribution is -0.0281. The second-order valence-corrected chi connectivity index (χ2v) is 13.8. The number of unbranched alkanes of at least 4 members (excludes halogenated alkanes) is 5. The Kier molecular flexibility index (Phi) is 12.6. The molecule has 0 bridgehead atoms. The first-order chi connectivity index (χ1) is 17.7. The highest BCUT2D eigenvalue weighted by molar-refractivity contribution is 7.48. The molecule has 2 rings (SSSR count). The van der Waals surface area contributed by atoms with Gasteiger partial charge in [0.05, 0.1) is 31.0 Å². The summed E-state index contributed by atoms with van der Waals surface area (Å²) in [5, 5.41) is 2.92. The first-order valence-electron chi connectivity index (χ1n) is 14.1. The van der Waals surface area contributed by atoms with Gasteiger partial charge in [-0.2, -0.15) is 0 Å². The summed E-state index contributed by atoms with van der Waals surface area (Å²) in [4.78, 5) is 12.6. The van der Waals surface area contributed by atoms with E-state index in [4.69, 9.17) is 23.0 Å². The summed E-state index contributed by atoms with van der Waals surface area (Å²) >= 11 is 0. The van der Waals surface area contributed by atoms with Gasteiger partial charge < -0.3 is 14.8 Å². The number of alkyl carbamates (subject to hydrolysis) is 1. The van der Waals surface area contributed by atoms with Gasteiger partial charge in [0.15, 0.2) is 0 Å². The van der Waals surface area contributed by atoms with Crippen molar-refractivity contribution in [1.29, 1.82) is 0 Å². The third kappa shape index (κ3) is 13.0. The van der Waals surface area contributed by atoms with Crippen molar-refractivity contribution in [2.75, 3.05) is 19.8 Å². The molecule has 0 spiro atoms. The van der Waals surface area contributed by atoms with E-state index in [-0.39, 0.29) is 13.2 Å². The molecule has 1 fully saturated rings. The van der Waals surface area contributed by atoms with E-state index in [2.05, 4.69) is 24.4 Å². The molecule has 0 aromatic heterocycles. The zero-order chi connectivity index (χ0) is 28.3. The largest absolute Gasteiger partial charge is 0.494 e. The maximum atomic E-state index is 12.9. The van der Waals surface area contributed by atoms with E-state index in [1.165, 1.54) is 37.7 Å². The van der Waals surface area contributed by atoms with Crippen molar-refractivity contribution in [3.8, 4) is 5.75 Å². The molecular formula is C29H50NO7P. The van der Waals surface area contributed by atoms with E-state index in [0.717, 1.165) is 31.6 Å². The third-order valence-electron chi connectivity index (χ3n) is 5.96. The van der Waals surface area contributed by atoms with Gasteiger partial charge in [-0.25, -0.2) is 9.36 Å². The Morgan fingerprint density at radius 3 is 2.11 bits per heavy atom. The van der Waals surface area contributed by atoms with E-state index >= 15 is 0 Å². The Morgan fingerprint density at radius 1 is 0.921 bits per heavy atom. The monoisotopic (exact) mass is 555 g/mol. The first-order valence-corrected chi connectivity index (χ1v) is 15.5. The van der Waals surface area contributed by atoms with E-state index in [1.807, 2.05) is 12.1 Å². The second kappa shape index (κ2) is 14.7. The average Bonchev–Trinajstić information content (AvgIpc) is 2.79. The smallest absolute Gasteiger partial charge is 0.475 e. The summed E-state index contributed by atoms with van der Waals surface area (Å²) in [6.07, 6.45) is 8.99. The molecular weight excluding hydrogens is 505 g/mol. The molecule has 9 heteroatoms. The molecule has 1 amide bonds. The number of hydrogen-bond acceptors (Lipinski definition) is 7. The quantitative estimate of drug-likeness (QED) is 0.184. The van der Waals surface area contributed by atoms with Crippen LogP contribution in [0.15, 0.2) is 24.3 Å². The van der Waals surface area contributed by atoms with Crippen LogP contribution in [-0.2, 0) is 29.3 Å². The molecule has 218 valence electrons. The van der Waals surface area contributed by atoms with Gasteiger partial charge in [0, 0.05) is 0 Å². The van der Waals surface area contributed by atoms with Gasteiger partial charge in [-0.3, -0.25) is 13.6 Å². The van der Waals surface area contributed by atoms with Crippen LogP contribution in [0.3, 0.4) is 0 Å². The van der Waals surface area contributed by atoms with Crippen LogP contribution in [0, 0.1) is 0 Å². The molecule has 1 aromatic carbocycles. The molecule has 0 aliphatic carbocycles. The SMILES string of the molecule is CCCCCCCCOc1ccc(CCCC2(NC(=O)OC(C)(C)C)COP(=O)(OC(C)(C)C)OC2)cc1. The topological polar surface area (TPSA) is 92.3 Å². The number of carbonyl (C=O) groups excluding carboxylic acids is 1. The summed E-state index contributed by atoms with van der Waals surface area (Å²) in [6, 6.07) is 8.16. The van der Waals surface area contributed by atoms with Crippen LogP contribution in [0.25, 0.3) is 0 Å². The fraction of sp³-hybridized carbons (Fsp3) is 0.759. The number of carbonyl (C=O) groups is 1. The van der Waals surface area contributed by atoms with Crippen molar-refractivity contribution < 1.29 is 32.4 Å². The number of aryl methyl sites for hydroxylation is 1. The maximum absolute atomic E-state index is 12.9. The number of phosphoric acid groups is 1. The maximum Gasteiger partial charge on any atom is 0.475 e. The predicted octanol–water partition coefficient (Wildman–Crippen LogP) is 7.98. The number of hydrogen-bond donors (Lipinski definition) is 1. The van der Waals surface area contributed by atoms with E-state index in [1.54, 1.807) is 41.5 Å². The van der Waals surface area contributed by atoms with Gasteiger partial charge in [0.2, 0.25) is 0 Å². The van der Waals surface area contributed by atoms with Gasteiger partial charge in [-0.1, -0.05) is 51.2 Å². The Balaban J connectivity index is 1.89. The molecule has 0 unspecified atom stereocenters. The van der Waals surface area contributed by atoms with E-state index in [9.17, 15) is 9.36 Å². The van der Waals surface area contributed by atoms with Crippen LogP contribution < -0.4 is 10.1 Å². The molecule has 1 aromatic rings. The van der Waals surface area contributed by atoms with E-state index in [0.29, 0.717) is 6.42 Å². The van der Waals surface area contributed by atoms with Gasteiger partial charge in [0.25, 0.3) is 0 Å². The van der Waals surface area contributed by atoms with Crippen LogP contribution in [0.2, 0.25) is 0 Å². The zero-order valence-electron chi connectivity index (χ0n) is 24.6. The lowest BCUT2D eigenvalue weighted by Crippen LogP contribution is -2.57. The van der Waals surface area contributed by atoms with Gasteiger partial charge in [-0.05, 0) is 84.9 Å². The molecule has 0 saturated carbocycles. The number of rotatable bonds is 14. The Labute approximate surface area is 230 Å². The van der Waals surface area contributed by atoms with Crippen LogP contribution in [0.5, 0.6) is 5.75 Å².